The van der Waals surface area contributed by atoms with Gasteiger partial charge >= 0.3 is 5.30 Å². The molecule has 0 fully saturated rings. The van der Waals surface area contributed by atoms with E-state index in [4.69, 9.17) is 5.11 Å². The number of carboxylic acid groups (broad SMARTS) is 1. The first-order valence-corrected chi connectivity index (χ1v) is 3.87. The van der Waals surface area contributed by atoms with Crippen LogP contribution < -0.4 is 0 Å². The van der Waals surface area contributed by atoms with E-state index >= 15 is 0 Å². The van der Waals surface area contributed by atoms with E-state index in [1.54, 1.807) is 12.2 Å². The molecule has 0 aliphatic rings. The molecule has 0 spiro atoms. The summed E-state index contributed by atoms with van der Waals surface area (Å²) in [6, 6.07) is 0. The molecule has 0 atom stereocenters. The zero-order chi connectivity index (χ0) is 8.69. The Morgan fingerprint density at radius 3 is 2.64 bits per heavy atom. The minimum atomic E-state index is -0.930. The standard InChI is InChI=1S/C8H10O2S/c1-3-4-5-6-7(2)11-8(9)10/h3-6H,2H2,1H3,(H,9,10)/b4-3-,6-5-. The van der Waals surface area contributed by atoms with Crippen LogP contribution in [0.2, 0.25) is 0 Å². The topological polar surface area (TPSA) is 37.3 Å². The van der Waals surface area contributed by atoms with Gasteiger partial charge in [0.25, 0.3) is 0 Å². The average Bonchev–Trinajstić information content (AvgIpc) is 1.86. The fraction of sp³-hybridized carbons (Fsp3) is 0.125. The van der Waals surface area contributed by atoms with Gasteiger partial charge in [0.05, 0.1) is 0 Å². The van der Waals surface area contributed by atoms with E-state index in [-0.39, 0.29) is 0 Å². The van der Waals surface area contributed by atoms with Crippen molar-refractivity contribution in [3.8, 4) is 0 Å². The maximum atomic E-state index is 10.1. The molecule has 11 heavy (non-hydrogen) atoms. The third-order valence-electron chi connectivity index (χ3n) is 0.804. The van der Waals surface area contributed by atoms with Crippen molar-refractivity contribution in [1.29, 1.82) is 0 Å². The lowest BCUT2D eigenvalue weighted by atomic mass is 10.4. The van der Waals surface area contributed by atoms with Crippen molar-refractivity contribution < 1.29 is 9.90 Å². The van der Waals surface area contributed by atoms with E-state index in [0.717, 1.165) is 0 Å². The molecule has 0 radical (unpaired) electrons. The minimum absolute atomic E-state index is 0.524. The first-order chi connectivity index (χ1) is 5.16. The van der Waals surface area contributed by atoms with Gasteiger partial charge in [-0.25, -0.2) is 4.79 Å². The molecule has 0 heterocycles. The molecule has 0 saturated heterocycles. The molecule has 0 rings (SSSR count). The van der Waals surface area contributed by atoms with Crippen LogP contribution >= 0.6 is 11.8 Å². The fourth-order valence-electron chi connectivity index (χ4n) is 0.420. The summed E-state index contributed by atoms with van der Waals surface area (Å²) >= 11 is 0.706. The largest absolute Gasteiger partial charge is 0.473 e. The van der Waals surface area contributed by atoms with Crippen molar-refractivity contribution in [3.63, 3.8) is 0 Å². The molecule has 0 aliphatic carbocycles. The van der Waals surface area contributed by atoms with Crippen LogP contribution in [-0.4, -0.2) is 10.4 Å². The van der Waals surface area contributed by atoms with Gasteiger partial charge in [-0.15, -0.1) is 0 Å². The summed E-state index contributed by atoms with van der Waals surface area (Å²) in [6.45, 7) is 5.41. The van der Waals surface area contributed by atoms with Crippen LogP contribution in [0, 0.1) is 0 Å². The Hall–Kier alpha value is -0.960. The molecule has 0 aromatic rings. The van der Waals surface area contributed by atoms with Crippen molar-refractivity contribution in [2.24, 2.45) is 0 Å². The van der Waals surface area contributed by atoms with E-state index < -0.39 is 5.30 Å². The molecule has 0 bridgehead atoms. The Morgan fingerprint density at radius 2 is 2.18 bits per heavy atom. The Bertz CT molecular complexity index is 204. The molecule has 0 saturated carbocycles. The molecule has 0 aromatic heterocycles. The second-order valence-electron chi connectivity index (χ2n) is 1.72. The molecule has 0 aromatic carbocycles. The van der Waals surface area contributed by atoms with E-state index in [1.807, 2.05) is 19.1 Å². The first kappa shape index (κ1) is 10.0. The van der Waals surface area contributed by atoms with E-state index in [1.165, 1.54) is 0 Å². The molecular weight excluding hydrogens is 160 g/mol. The van der Waals surface area contributed by atoms with Crippen molar-refractivity contribution in [1.82, 2.24) is 0 Å². The van der Waals surface area contributed by atoms with Crippen molar-refractivity contribution in [3.05, 3.63) is 35.8 Å². The van der Waals surface area contributed by atoms with Gasteiger partial charge in [0.15, 0.2) is 0 Å². The van der Waals surface area contributed by atoms with Crippen molar-refractivity contribution in [2.45, 2.75) is 6.92 Å². The summed E-state index contributed by atoms with van der Waals surface area (Å²) in [6.07, 6.45) is 7.07. The first-order valence-electron chi connectivity index (χ1n) is 3.06. The summed E-state index contributed by atoms with van der Waals surface area (Å²) in [5.41, 5.74) is 0. The summed E-state index contributed by atoms with van der Waals surface area (Å²) in [4.78, 5) is 10.6. The zero-order valence-electron chi connectivity index (χ0n) is 6.28. The third-order valence-corrected chi connectivity index (χ3v) is 1.38. The monoisotopic (exact) mass is 170 g/mol. The molecule has 60 valence electrons. The van der Waals surface area contributed by atoms with Crippen LogP contribution in [0.3, 0.4) is 0 Å². The van der Waals surface area contributed by atoms with Crippen LogP contribution in [0.25, 0.3) is 0 Å². The minimum Gasteiger partial charge on any atom is -0.473 e. The Morgan fingerprint density at radius 1 is 1.55 bits per heavy atom. The molecule has 3 heteroatoms. The Kier molecular flexibility index (Phi) is 5.29. The van der Waals surface area contributed by atoms with Crippen LogP contribution in [0.1, 0.15) is 6.92 Å². The van der Waals surface area contributed by atoms with Gasteiger partial charge in [0.2, 0.25) is 0 Å². The van der Waals surface area contributed by atoms with Crippen LogP contribution in [0.15, 0.2) is 35.8 Å². The molecule has 0 amide bonds. The van der Waals surface area contributed by atoms with Crippen LogP contribution in [-0.2, 0) is 0 Å². The number of allylic oxidation sites excluding steroid dienone is 4. The van der Waals surface area contributed by atoms with Crippen LogP contribution in [0.5, 0.6) is 0 Å². The highest BCUT2D eigenvalue weighted by molar-refractivity contribution is 8.16. The molecule has 1 N–H and O–H groups in total. The van der Waals surface area contributed by atoms with Gasteiger partial charge in [-0.05, 0) is 24.8 Å². The number of hydrogen-bond acceptors (Lipinski definition) is 2. The SMILES string of the molecule is C=C(/C=C\C=C/C)SC(=O)O. The lowest BCUT2D eigenvalue weighted by Gasteiger charge is -1.89. The summed E-state index contributed by atoms with van der Waals surface area (Å²) in [7, 11) is 0. The van der Waals surface area contributed by atoms with Gasteiger partial charge in [-0.2, -0.15) is 0 Å². The highest BCUT2D eigenvalue weighted by Gasteiger charge is 1.96. The van der Waals surface area contributed by atoms with E-state index in [9.17, 15) is 4.79 Å². The number of carbonyl (C=O) groups is 1. The van der Waals surface area contributed by atoms with Gasteiger partial charge in [0, 0.05) is 4.91 Å². The number of thioether (sulfide) groups is 1. The van der Waals surface area contributed by atoms with Crippen LogP contribution in [0.4, 0.5) is 4.79 Å². The molecule has 2 nitrogen and oxygen atoms in total. The Labute approximate surface area is 70.3 Å². The summed E-state index contributed by atoms with van der Waals surface area (Å²) < 4.78 is 0. The predicted molar refractivity (Wildman–Crippen MR) is 48.7 cm³/mol. The van der Waals surface area contributed by atoms with Gasteiger partial charge in [-0.1, -0.05) is 24.8 Å². The third kappa shape index (κ3) is 6.93. The zero-order valence-corrected chi connectivity index (χ0v) is 7.10. The van der Waals surface area contributed by atoms with Gasteiger partial charge in [0.1, 0.15) is 0 Å². The molecular formula is C8H10O2S. The normalized spacial score (nSPS) is 11.0. The summed E-state index contributed by atoms with van der Waals surface area (Å²) in [5.74, 6) is 0. The maximum Gasteiger partial charge on any atom is 0.369 e. The second kappa shape index (κ2) is 5.80. The lowest BCUT2D eigenvalue weighted by molar-refractivity contribution is 0.222. The highest BCUT2D eigenvalue weighted by Crippen LogP contribution is 2.14. The van der Waals surface area contributed by atoms with Crippen molar-refractivity contribution >= 4 is 17.1 Å². The lowest BCUT2D eigenvalue weighted by Crippen LogP contribution is -1.81. The number of hydrogen-bond donors (Lipinski definition) is 1. The smallest absolute Gasteiger partial charge is 0.369 e. The van der Waals surface area contributed by atoms with Gasteiger partial charge in [-0.3, -0.25) is 0 Å². The predicted octanol–water partition coefficient (Wildman–Crippen LogP) is 3.04. The fourth-order valence-corrected chi connectivity index (χ4v) is 0.791. The molecule has 0 unspecified atom stereocenters. The average molecular weight is 170 g/mol. The molecule has 0 aliphatic heterocycles. The second-order valence-corrected chi connectivity index (χ2v) is 2.80. The van der Waals surface area contributed by atoms with E-state index in [0.29, 0.717) is 16.7 Å². The quantitative estimate of drug-likeness (QED) is 0.661. The van der Waals surface area contributed by atoms with Crippen molar-refractivity contribution in [2.75, 3.05) is 0 Å². The highest BCUT2D eigenvalue weighted by atomic mass is 32.2. The summed E-state index contributed by atoms with van der Waals surface area (Å²) in [5, 5.41) is 7.36. The van der Waals surface area contributed by atoms with E-state index in [2.05, 4.69) is 6.58 Å². The number of rotatable bonds is 3. The Balaban J connectivity index is 3.78. The van der Waals surface area contributed by atoms with Gasteiger partial charge < -0.3 is 5.11 Å². The maximum absolute atomic E-state index is 10.1.